The molecule has 0 saturated heterocycles. The molecule has 31 heavy (non-hydrogen) atoms. The summed E-state index contributed by atoms with van der Waals surface area (Å²) in [4.78, 5) is 10.8. The van der Waals surface area contributed by atoms with E-state index < -0.39 is 11.6 Å². The third-order valence-corrected chi connectivity index (χ3v) is 4.52. The molecule has 0 saturated carbocycles. The molecule has 1 atom stereocenters. The highest BCUT2D eigenvalue weighted by Crippen LogP contribution is 2.35. The van der Waals surface area contributed by atoms with Crippen LogP contribution in [0.2, 0.25) is 0 Å². The number of hydrogen-bond acceptors (Lipinski definition) is 4. The summed E-state index contributed by atoms with van der Waals surface area (Å²) < 4.78 is 35.9. The van der Waals surface area contributed by atoms with Crippen LogP contribution in [0.4, 0.5) is 8.78 Å². The summed E-state index contributed by atoms with van der Waals surface area (Å²) >= 11 is 0. The molecule has 2 aromatic rings. The second-order valence-electron chi connectivity index (χ2n) is 7.79. The zero-order chi connectivity index (χ0) is 22.8. The van der Waals surface area contributed by atoms with E-state index in [0.29, 0.717) is 12.1 Å². The van der Waals surface area contributed by atoms with Crippen LogP contribution in [0.3, 0.4) is 0 Å². The lowest BCUT2D eigenvalue weighted by atomic mass is 10.00. The molecular formula is C24H32F2N2O3. The van der Waals surface area contributed by atoms with Gasteiger partial charge in [-0.3, -0.25) is 4.79 Å². The van der Waals surface area contributed by atoms with Crippen molar-refractivity contribution in [2.75, 3.05) is 19.7 Å². The number of rotatable bonds is 7. The van der Waals surface area contributed by atoms with E-state index in [0.717, 1.165) is 49.1 Å². The van der Waals surface area contributed by atoms with E-state index in [1.165, 1.54) is 12.1 Å². The lowest BCUT2D eigenvalue weighted by Gasteiger charge is -2.27. The van der Waals surface area contributed by atoms with Gasteiger partial charge in [-0.05, 0) is 69.6 Å². The number of amides is 1. The number of carbonyl (C=O) groups is 1. The Hall–Kier alpha value is -2.67. The summed E-state index contributed by atoms with van der Waals surface area (Å²) in [5.41, 5.74) is 1.76. The fraction of sp³-hybridized carbons (Fsp3) is 0.458. The molecule has 1 unspecified atom stereocenters. The van der Waals surface area contributed by atoms with Crippen LogP contribution in [0.5, 0.6) is 11.5 Å². The van der Waals surface area contributed by atoms with Crippen molar-refractivity contribution in [1.29, 1.82) is 0 Å². The van der Waals surface area contributed by atoms with Crippen LogP contribution in [-0.4, -0.2) is 31.7 Å². The van der Waals surface area contributed by atoms with E-state index >= 15 is 0 Å². The Morgan fingerprint density at radius 3 is 2.48 bits per heavy atom. The molecule has 1 aliphatic rings. The van der Waals surface area contributed by atoms with Gasteiger partial charge in [-0.1, -0.05) is 0 Å². The van der Waals surface area contributed by atoms with Gasteiger partial charge in [-0.2, -0.15) is 0 Å². The van der Waals surface area contributed by atoms with Crippen molar-refractivity contribution >= 4 is 5.91 Å². The normalized spacial score (nSPS) is 14.7. The van der Waals surface area contributed by atoms with Crippen molar-refractivity contribution in [2.45, 2.75) is 52.7 Å². The largest absolute Gasteiger partial charge is 0.493 e. The van der Waals surface area contributed by atoms with Crippen LogP contribution in [0, 0.1) is 18.6 Å². The third-order valence-electron chi connectivity index (χ3n) is 4.52. The lowest BCUT2D eigenvalue weighted by molar-refractivity contribution is -0.118. The van der Waals surface area contributed by atoms with Gasteiger partial charge in [0.25, 0.3) is 0 Å². The first-order valence-electron chi connectivity index (χ1n) is 10.6. The smallest absolute Gasteiger partial charge is 0.216 e. The molecule has 0 spiro atoms. The number of fused-ring (bicyclic) bond motifs is 1. The predicted octanol–water partition coefficient (Wildman–Crippen LogP) is 4.69. The molecule has 0 radical (unpaired) electrons. The first kappa shape index (κ1) is 24.6. The predicted molar refractivity (Wildman–Crippen MR) is 117 cm³/mol. The number of benzene rings is 2. The van der Waals surface area contributed by atoms with Crippen LogP contribution in [0.15, 0.2) is 36.4 Å². The highest BCUT2D eigenvalue weighted by atomic mass is 19.1. The van der Waals surface area contributed by atoms with E-state index in [9.17, 15) is 13.6 Å². The minimum atomic E-state index is -0.521. The Morgan fingerprint density at radius 2 is 1.87 bits per heavy atom. The fourth-order valence-corrected chi connectivity index (χ4v) is 3.25. The molecule has 0 fully saturated rings. The van der Waals surface area contributed by atoms with Crippen molar-refractivity contribution in [2.24, 2.45) is 0 Å². The summed E-state index contributed by atoms with van der Waals surface area (Å²) in [7, 11) is 0. The number of carbonyl (C=O) groups excluding carboxylic acids is 1. The zero-order valence-electron chi connectivity index (χ0n) is 18.6. The standard InChI is InChI=1S/C17H26N2O3.C7H6F2/c1-12(2)22-14-5-6-17-15(11-14)16(7-10-21-17)19-9-4-8-18-13(3)20;1-5-2-6(8)4-7(9)3-5/h5-6,11-12,16,19H,4,7-10H2,1-3H3,(H,18,20);2-4H,1H3. The summed E-state index contributed by atoms with van der Waals surface area (Å²) in [5, 5.41) is 6.35. The molecule has 1 amide bonds. The van der Waals surface area contributed by atoms with Crippen LogP contribution in [-0.2, 0) is 4.79 Å². The zero-order valence-corrected chi connectivity index (χ0v) is 18.6. The fourth-order valence-electron chi connectivity index (χ4n) is 3.25. The van der Waals surface area contributed by atoms with E-state index in [4.69, 9.17) is 9.47 Å². The molecular weight excluding hydrogens is 402 g/mol. The maximum absolute atomic E-state index is 12.2. The Balaban J connectivity index is 0.000000316. The molecule has 1 heterocycles. The van der Waals surface area contributed by atoms with Crippen LogP contribution < -0.4 is 20.1 Å². The highest BCUT2D eigenvalue weighted by molar-refractivity contribution is 5.72. The maximum atomic E-state index is 12.2. The first-order valence-corrected chi connectivity index (χ1v) is 10.6. The molecule has 0 aromatic heterocycles. The van der Waals surface area contributed by atoms with Gasteiger partial charge in [0.05, 0.1) is 12.7 Å². The minimum absolute atomic E-state index is 0.0203. The molecule has 170 valence electrons. The summed E-state index contributed by atoms with van der Waals surface area (Å²) in [6, 6.07) is 9.70. The number of halogens is 2. The van der Waals surface area contributed by atoms with E-state index in [1.54, 1.807) is 13.8 Å². The third kappa shape index (κ3) is 8.92. The second kappa shape index (κ2) is 12.2. The van der Waals surface area contributed by atoms with E-state index in [-0.39, 0.29) is 18.1 Å². The SMILES string of the molecule is CC(=O)NCCCNC1CCOc2ccc(OC(C)C)cc21.Cc1cc(F)cc(F)c1. The Kier molecular flexibility index (Phi) is 9.72. The maximum Gasteiger partial charge on any atom is 0.216 e. The van der Waals surface area contributed by atoms with Crippen molar-refractivity contribution in [3.05, 3.63) is 59.2 Å². The van der Waals surface area contributed by atoms with Crippen molar-refractivity contribution < 1.29 is 23.0 Å². The molecule has 5 nitrogen and oxygen atoms in total. The monoisotopic (exact) mass is 434 g/mol. The molecule has 0 aliphatic carbocycles. The van der Waals surface area contributed by atoms with Crippen LogP contribution >= 0.6 is 0 Å². The summed E-state index contributed by atoms with van der Waals surface area (Å²) in [6.45, 7) is 9.52. The highest BCUT2D eigenvalue weighted by Gasteiger charge is 2.21. The van der Waals surface area contributed by atoms with Gasteiger partial charge in [-0.15, -0.1) is 0 Å². The summed E-state index contributed by atoms with van der Waals surface area (Å²) in [6.07, 6.45) is 2.01. The topological polar surface area (TPSA) is 59.6 Å². The van der Waals surface area contributed by atoms with E-state index in [1.807, 2.05) is 26.0 Å². The van der Waals surface area contributed by atoms with Gasteiger partial charge >= 0.3 is 0 Å². The van der Waals surface area contributed by atoms with Gasteiger partial charge in [0.1, 0.15) is 23.1 Å². The van der Waals surface area contributed by atoms with Gasteiger partial charge in [0.2, 0.25) is 5.91 Å². The van der Waals surface area contributed by atoms with Crippen LogP contribution in [0.1, 0.15) is 50.8 Å². The van der Waals surface area contributed by atoms with Crippen molar-refractivity contribution in [1.82, 2.24) is 10.6 Å². The first-order chi connectivity index (χ1) is 14.7. The molecule has 0 bridgehead atoms. The Bertz CT molecular complexity index is 808. The summed E-state index contributed by atoms with van der Waals surface area (Å²) in [5.74, 6) is 0.790. The quantitative estimate of drug-likeness (QED) is 0.621. The van der Waals surface area contributed by atoms with E-state index in [2.05, 4.69) is 16.7 Å². The van der Waals surface area contributed by atoms with Gasteiger partial charge in [0, 0.05) is 37.6 Å². The molecule has 2 aromatic carbocycles. The average Bonchev–Trinajstić information content (AvgIpc) is 2.66. The average molecular weight is 435 g/mol. The van der Waals surface area contributed by atoms with Crippen molar-refractivity contribution in [3.63, 3.8) is 0 Å². The second-order valence-corrected chi connectivity index (χ2v) is 7.79. The lowest BCUT2D eigenvalue weighted by Crippen LogP contribution is -2.30. The van der Waals surface area contributed by atoms with Gasteiger partial charge < -0.3 is 20.1 Å². The number of hydrogen-bond donors (Lipinski definition) is 2. The molecule has 7 heteroatoms. The number of nitrogens with one attached hydrogen (secondary N) is 2. The molecule has 3 rings (SSSR count). The van der Waals surface area contributed by atoms with Crippen molar-refractivity contribution in [3.8, 4) is 11.5 Å². The minimum Gasteiger partial charge on any atom is -0.493 e. The molecule has 1 aliphatic heterocycles. The molecule has 2 N–H and O–H groups in total. The van der Waals surface area contributed by atoms with Crippen LogP contribution in [0.25, 0.3) is 0 Å². The van der Waals surface area contributed by atoms with Gasteiger partial charge in [-0.25, -0.2) is 8.78 Å². The number of aryl methyl sites for hydroxylation is 1. The number of ether oxygens (including phenoxy) is 2. The Morgan fingerprint density at radius 1 is 1.16 bits per heavy atom. The van der Waals surface area contributed by atoms with Gasteiger partial charge in [0.15, 0.2) is 0 Å². The Labute approximate surface area is 183 Å².